The van der Waals surface area contributed by atoms with Crippen LogP contribution in [0.1, 0.15) is 12.5 Å². The molecule has 14 heavy (non-hydrogen) atoms. The van der Waals surface area contributed by atoms with Crippen molar-refractivity contribution in [3.8, 4) is 5.75 Å². The number of allylic oxidation sites excluding steroid dienone is 1. The maximum Gasteiger partial charge on any atom is 0.135 e. The second kappa shape index (κ2) is 4.34. The number of halogens is 1. The topological polar surface area (TPSA) is 20.2 Å². The van der Waals surface area contributed by atoms with Crippen LogP contribution in [0.25, 0.3) is 12.7 Å². The molecule has 0 aliphatic heterocycles. The molecule has 2 heteroatoms. The summed E-state index contributed by atoms with van der Waals surface area (Å²) in [5, 5.41) is 11.7. The number of aromatic hydroxyl groups is 1. The van der Waals surface area contributed by atoms with Gasteiger partial charge in [0.25, 0.3) is 0 Å². The van der Waals surface area contributed by atoms with Crippen molar-refractivity contribution in [3.05, 3.63) is 39.7 Å². The summed E-state index contributed by atoms with van der Waals surface area (Å²) in [5.41, 5.74) is 0.889. The van der Waals surface area contributed by atoms with Gasteiger partial charge in [0.15, 0.2) is 0 Å². The summed E-state index contributed by atoms with van der Waals surface area (Å²) < 4.78 is 0. The second-order valence-corrected chi connectivity index (χ2v) is 3.39. The third-order valence-electron chi connectivity index (χ3n) is 2.15. The number of phenols is 1. The Morgan fingerprint density at radius 2 is 2.21 bits per heavy atom. The average Bonchev–Trinajstić information content (AvgIpc) is 2.16. The zero-order chi connectivity index (χ0) is 10.7. The van der Waals surface area contributed by atoms with E-state index in [0.29, 0.717) is 5.02 Å². The fourth-order valence-electron chi connectivity index (χ4n) is 1.40. The Morgan fingerprint density at radius 1 is 1.57 bits per heavy atom. The Bertz CT molecular complexity index is 460. The molecule has 0 radical (unpaired) electrons. The highest BCUT2D eigenvalue weighted by atomic mass is 35.5. The van der Waals surface area contributed by atoms with Crippen LogP contribution in [0.3, 0.4) is 0 Å². The van der Waals surface area contributed by atoms with Crippen molar-refractivity contribution in [2.75, 3.05) is 0 Å². The van der Waals surface area contributed by atoms with Crippen molar-refractivity contribution < 1.29 is 5.11 Å². The molecule has 74 valence electrons. The minimum Gasteiger partial charge on any atom is -0.506 e. The molecular weight excluding hydrogens is 196 g/mol. The zero-order valence-corrected chi connectivity index (χ0v) is 8.93. The molecule has 0 amide bonds. The van der Waals surface area contributed by atoms with Crippen molar-refractivity contribution in [1.29, 1.82) is 0 Å². The summed E-state index contributed by atoms with van der Waals surface area (Å²) in [7, 11) is 0. The van der Waals surface area contributed by atoms with Gasteiger partial charge in [0, 0.05) is 0 Å². The van der Waals surface area contributed by atoms with E-state index < -0.39 is 0 Å². The van der Waals surface area contributed by atoms with Crippen LogP contribution in [-0.2, 0) is 6.42 Å². The van der Waals surface area contributed by atoms with Crippen molar-refractivity contribution in [1.82, 2.24) is 0 Å². The maximum atomic E-state index is 9.55. The van der Waals surface area contributed by atoms with E-state index in [2.05, 4.69) is 13.2 Å². The number of benzene rings is 1. The number of hydrogen-bond donors (Lipinski definition) is 1. The predicted molar refractivity (Wildman–Crippen MR) is 61.9 cm³/mol. The van der Waals surface area contributed by atoms with Crippen LogP contribution >= 0.6 is 11.6 Å². The average molecular weight is 209 g/mol. The number of hydrogen-bond acceptors (Lipinski definition) is 1. The van der Waals surface area contributed by atoms with Gasteiger partial charge in [0.05, 0.1) is 5.02 Å². The maximum absolute atomic E-state index is 9.55. The monoisotopic (exact) mass is 208 g/mol. The van der Waals surface area contributed by atoms with E-state index in [1.807, 2.05) is 6.92 Å². The van der Waals surface area contributed by atoms with Crippen LogP contribution < -0.4 is 10.4 Å². The van der Waals surface area contributed by atoms with Gasteiger partial charge in [-0.25, -0.2) is 0 Å². The summed E-state index contributed by atoms with van der Waals surface area (Å²) in [6.07, 6.45) is 4.22. The van der Waals surface area contributed by atoms with E-state index in [-0.39, 0.29) is 5.75 Å². The first-order chi connectivity index (χ1) is 6.61. The predicted octanol–water partition coefficient (Wildman–Crippen LogP) is 1.98. The SMILES string of the molecule is C=C/C=c1/cc(O)c(Cl)c(CC)c1=C. The molecule has 1 aromatic rings. The van der Waals surface area contributed by atoms with Crippen LogP contribution in [-0.4, -0.2) is 5.11 Å². The lowest BCUT2D eigenvalue weighted by Gasteiger charge is -2.04. The molecule has 1 aromatic carbocycles. The molecule has 1 N–H and O–H groups in total. The van der Waals surface area contributed by atoms with Gasteiger partial charge < -0.3 is 5.11 Å². The molecule has 0 aromatic heterocycles. The van der Waals surface area contributed by atoms with E-state index in [4.69, 9.17) is 11.6 Å². The Balaban J connectivity index is 3.68. The first-order valence-electron chi connectivity index (χ1n) is 4.43. The van der Waals surface area contributed by atoms with Gasteiger partial charge in [-0.1, -0.05) is 43.8 Å². The second-order valence-electron chi connectivity index (χ2n) is 3.01. The van der Waals surface area contributed by atoms with Gasteiger partial charge in [-0.15, -0.1) is 0 Å². The Labute approximate surface area is 88.6 Å². The summed E-state index contributed by atoms with van der Waals surface area (Å²) in [4.78, 5) is 0. The molecule has 0 atom stereocenters. The number of phenolic OH excluding ortho intramolecular Hbond substituents is 1. The first kappa shape index (κ1) is 10.9. The molecule has 0 fully saturated rings. The highest BCUT2D eigenvalue weighted by molar-refractivity contribution is 6.32. The molecule has 0 saturated carbocycles. The minimum atomic E-state index is 0.101. The van der Waals surface area contributed by atoms with Crippen molar-refractivity contribution in [2.45, 2.75) is 13.3 Å². The highest BCUT2D eigenvalue weighted by Gasteiger charge is 2.05. The third-order valence-corrected chi connectivity index (χ3v) is 2.57. The quantitative estimate of drug-likeness (QED) is 0.788. The Hall–Kier alpha value is -1.21. The van der Waals surface area contributed by atoms with Gasteiger partial charge in [-0.3, -0.25) is 0 Å². The van der Waals surface area contributed by atoms with Crippen molar-refractivity contribution in [3.63, 3.8) is 0 Å². The Morgan fingerprint density at radius 3 is 2.71 bits per heavy atom. The van der Waals surface area contributed by atoms with Crippen LogP contribution in [0, 0.1) is 0 Å². The lowest BCUT2D eigenvalue weighted by molar-refractivity contribution is 0.474. The largest absolute Gasteiger partial charge is 0.506 e. The van der Waals surface area contributed by atoms with Crippen LogP contribution in [0.15, 0.2) is 18.7 Å². The summed E-state index contributed by atoms with van der Waals surface area (Å²) in [6, 6.07) is 1.60. The zero-order valence-electron chi connectivity index (χ0n) is 8.18. The smallest absolute Gasteiger partial charge is 0.135 e. The summed E-state index contributed by atoms with van der Waals surface area (Å²) in [6.45, 7) is 9.52. The molecule has 0 bridgehead atoms. The number of rotatable bonds is 2. The molecule has 1 rings (SSSR count). The lowest BCUT2D eigenvalue weighted by atomic mass is 10.1. The molecule has 0 spiro atoms. The summed E-state index contributed by atoms with van der Waals surface area (Å²) in [5.74, 6) is 0.101. The summed E-state index contributed by atoms with van der Waals surface area (Å²) >= 11 is 5.94. The van der Waals surface area contributed by atoms with Crippen LogP contribution in [0.4, 0.5) is 0 Å². The normalized spacial score (nSPS) is 11.7. The lowest BCUT2D eigenvalue weighted by Crippen LogP contribution is -2.27. The van der Waals surface area contributed by atoms with Gasteiger partial charge in [-0.2, -0.15) is 0 Å². The van der Waals surface area contributed by atoms with E-state index in [1.54, 1.807) is 18.2 Å². The molecule has 0 aliphatic carbocycles. The Kier molecular flexibility index (Phi) is 3.37. The van der Waals surface area contributed by atoms with Crippen molar-refractivity contribution >= 4 is 24.3 Å². The van der Waals surface area contributed by atoms with E-state index in [0.717, 1.165) is 22.4 Å². The fourth-order valence-corrected chi connectivity index (χ4v) is 1.71. The molecule has 0 heterocycles. The van der Waals surface area contributed by atoms with E-state index in [9.17, 15) is 5.11 Å². The standard InChI is InChI=1S/C12H13ClO/c1-4-6-9-7-11(14)12(13)10(5-2)8(9)3/h4,6-7,14H,1,3,5H2,2H3/b9-6-. The van der Waals surface area contributed by atoms with E-state index in [1.165, 1.54) is 0 Å². The van der Waals surface area contributed by atoms with Crippen LogP contribution in [0.5, 0.6) is 5.75 Å². The molecule has 1 nitrogen and oxygen atoms in total. The van der Waals surface area contributed by atoms with E-state index >= 15 is 0 Å². The highest BCUT2D eigenvalue weighted by Crippen LogP contribution is 2.22. The van der Waals surface area contributed by atoms with Gasteiger partial charge >= 0.3 is 0 Å². The fraction of sp³-hybridized carbons (Fsp3) is 0.167. The van der Waals surface area contributed by atoms with Gasteiger partial charge in [0.2, 0.25) is 0 Å². The molecule has 0 unspecified atom stereocenters. The molecule has 0 saturated heterocycles. The van der Waals surface area contributed by atoms with Crippen LogP contribution in [0.2, 0.25) is 5.02 Å². The van der Waals surface area contributed by atoms with Gasteiger partial charge in [0.1, 0.15) is 5.75 Å². The van der Waals surface area contributed by atoms with Gasteiger partial charge in [-0.05, 0) is 28.5 Å². The van der Waals surface area contributed by atoms with Crippen molar-refractivity contribution in [2.24, 2.45) is 0 Å². The first-order valence-corrected chi connectivity index (χ1v) is 4.81. The minimum absolute atomic E-state index is 0.101. The molecular formula is C12H13ClO. The third kappa shape index (κ3) is 1.83. The molecule has 0 aliphatic rings.